The summed E-state index contributed by atoms with van der Waals surface area (Å²) < 4.78 is 27.6. The van der Waals surface area contributed by atoms with Gasteiger partial charge < -0.3 is 15.6 Å². The highest BCUT2D eigenvalue weighted by Crippen LogP contribution is 2.32. The van der Waals surface area contributed by atoms with Gasteiger partial charge in [-0.3, -0.25) is 0 Å². The fourth-order valence-electron chi connectivity index (χ4n) is 3.83. The number of para-hydroxylation sites is 1. The molecule has 2 aromatic carbocycles. The molecule has 0 saturated carbocycles. The molecule has 3 aromatic rings. The van der Waals surface area contributed by atoms with Crippen molar-refractivity contribution in [3.8, 4) is 11.3 Å². The summed E-state index contributed by atoms with van der Waals surface area (Å²) in [6.07, 6.45) is 2.41. The maximum atomic E-state index is 13.8. The number of aromatic nitrogens is 1. The molecule has 1 atom stereocenters. The molecule has 0 bridgehead atoms. The third kappa shape index (κ3) is 3.65. The molecule has 1 aromatic heterocycles. The maximum Gasteiger partial charge on any atom is 0.126 e. The van der Waals surface area contributed by atoms with Gasteiger partial charge in [0.1, 0.15) is 11.6 Å². The summed E-state index contributed by atoms with van der Waals surface area (Å²) in [5, 5.41) is 7.72. The molecule has 4 rings (SSSR count). The summed E-state index contributed by atoms with van der Waals surface area (Å²) in [4.78, 5) is 3.33. The monoisotopic (exact) mass is 379 g/mol. The van der Waals surface area contributed by atoms with Crippen LogP contribution in [-0.4, -0.2) is 17.6 Å². The van der Waals surface area contributed by atoms with E-state index in [1.165, 1.54) is 12.1 Å². The Morgan fingerprint density at radius 1 is 1.14 bits per heavy atom. The zero-order valence-electron chi connectivity index (χ0n) is 15.6. The molecule has 0 radical (unpaired) electrons. The van der Waals surface area contributed by atoms with E-state index in [9.17, 15) is 8.78 Å². The summed E-state index contributed by atoms with van der Waals surface area (Å²) in [5.74, 6) is -1.17. The van der Waals surface area contributed by atoms with E-state index in [4.69, 9.17) is 0 Å². The third-order valence-corrected chi connectivity index (χ3v) is 5.23. The minimum atomic E-state index is -0.585. The van der Waals surface area contributed by atoms with Crippen LogP contribution in [0.2, 0.25) is 0 Å². The van der Waals surface area contributed by atoms with Crippen molar-refractivity contribution in [1.29, 1.82) is 0 Å². The van der Waals surface area contributed by atoms with Crippen LogP contribution in [0.25, 0.3) is 22.2 Å². The van der Waals surface area contributed by atoms with Crippen LogP contribution in [0.3, 0.4) is 0 Å². The molecule has 3 N–H and O–H groups in total. The molecule has 1 unspecified atom stereocenters. The lowest BCUT2D eigenvalue weighted by Crippen LogP contribution is -2.28. The summed E-state index contributed by atoms with van der Waals surface area (Å²) in [5.41, 5.74) is 5.16. The molecule has 1 fully saturated rings. The molecule has 3 nitrogen and oxygen atoms in total. The van der Waals surface area contributed by atoms with E-state index < -0.39 is 11.6 Å². The second-order valence-corrected chi connectivity index (χ2v) is 7.22. The van der Waals surface area contributed by atoms with Crippen molar-refractivity contribution in [3.05, 3.63) is 84.2 Å². The number of hydrogen-bond donors (Lipinski definition) is 3. The van der Waals surface area contributed by atoms with E-state index in [1.807, 2.05) is 24.3 Å². The van der Waals surface area contributed by atoms with Crippen molar-refractivity contribution < 1.29 is 8.78 Å². The number of aromatic amines is 1. The number of nitrogens with one attached hydrogen (secondary N) is 3. The summed E-state index contributed by atoms with van der Waals surface area (Å²) in [7, 11) is 0. The molecule has 2 heterocycles. The molecule has 28 heavy (non-hydrogen) atoms. The molecule has 1 aliphatic heterocycles. The van der Waals surface area contributed by atoms with Gasteiger partial charge in [-0.1, -0.05) is 31.4 Å². The molecular weight excluding hydrogens is 356 g/mol. The van der Waals surface area contributed by atoms with Crippen molar-refractivity contribution in [2.75, 3.05) is 6.54 Å². The third-order valence-electron chi connectivity index (χ3n) is 5.23. The fraction of sp³-hybridized carbons (Fsp3) is 0.217. The van der Waals surface area contributed by atoms with E-state index in [1.54, 1.807) is 0 Å². The molecular formula is C23H23F2N3. The second-order valence-electron chi connectivity index (χ2n) is 7.22. The van der Waals surface area contributed by atoms with Gasteiger partial charge in [-0.05, 0) is 43.0 Å². The highest BCUT2D eigenvalue weighted by molar-refractivity contribution is 5.90. The fourth-order valence-corrected chi connectivity index (χ4v) is 3.83. The van der Waals surface area contributed by atoms with E-state index in [-0.39, 0.29) is 6.04 Å². The SMILES string of the molecule is C=C(CCc1c(-c2cc(F)cc(F)c2)[nH]c2ccccc12)NC1CCNC1=C. The van der Waals surface area contributed by atoms with Crippen molar-refractivity contribution in [2.24, 2.45) is 0 Å². The average Bonchev–Trinajstić information content (AvgIpc) is 3.23. The lowest BCUT2D eigenvalue weighted by atomic mass is 10.00. The molecule has 1 aliphatic rings. The maximum absolute atomic E-state index is 13.8. The Kier molecular flexibility index (Phi) is 4.90. The predicted molar refractivity (Wildman–Crippen MR) is 110 cm³/mol. The lowest BCUT2D eigenvalue weighted by molar-refractivity contribution is 0.584. The Hall–Kier alpha value is -3.08. The lowest BCUT2D eigenvalue weighted by Gasteiger charge is -2.17. The van der Waals surface area contributed by atoms with Gasteiger partial charge in [0.05, 0.1) is 6.04 Å². The minimum Gasteiger partial charge on any atom is -0.387 e. The number of allylic oxidation sites excluding steroid dienone is 1. The second kappa shape index (κ2) is 7.50. The van der Waals surface area contributed by atoms with E-state index >= 15 is 0 Å². The quantitative estimate of drug-likeness (QED) is 0.562. The first-order valence-corrected chi connectivity index (χ1v) is 9.44. The highest BCUT2D eigenvalue weighted by atomic mass is 19.1. The topological polar surface area (TPSA) is 39.9 Å². The number of fused-ring (bicyclic) bond motifs is 1. The molecule has 1 saturated heterocycles. The minimum absolute atomic E-state index is 0.201. The highest BCUT2D eigenvalue weighted by Gasteiger charge is 2.19. The number of H-pyrrole nitrogens is 1. The summed E-state index contributed by atoms with van der Waals surface area (Å²) >= 11 is 0. The smallest absolute Gasteiger partial charge is 0.126 e. The number of aryl methyl sites for hydroxylation is 1. The van der Waals surface area contributed by atoms with Crippen LogP contribution >= 0.6 is 0 Å². The zero-order chi connectivity index (χ0) is 19.7. The van der Waals surface area contributed by atoms with Crippen molar-refractivity contribution >= 4 is 10.9 Å². The standard InChI is InChI=1S/C23H23F2N3/c1-14(27-21-9-10-26-15(21)2)7-8-20-19-5-3-4-6-22(19)28-23(20)16-11-17(24)13-18(25)12-16/h3-6,11-13,21,26-28H,1-2,7-10H2. The van der Waals surface area contributed by atoms with E-state index in [2.05, 4.69) is 28.8 Å². The first kappa shape index (κ1) is 18.3. The van der Waals surface area contributed by atoms with Gasteiger partial charge in [0.25, 0.3) is 0 Å². The van der Waals surface area contributed by atoms with Crippen LogP contribution in [0.4, 0.5) is 8.78 Å². The van der Waals surface area contributed by atoms with Crippen LogP contribution in [0.5, 0.6) is 0 Å². The van der Waals surface area contributed by atoms with Crippen molar-refractivity contribution in [2.45, 2.75) is 25.3 Å². The Bertz CT molecular complexity index is 1030. The van der Waals surface area contributed by atoms with Crippen LogP contribution in [0, 0.1) is 11.6 Å². The largest absolute Gasteiger partial charge is 0.387 e. The van der Waals surface area contributed by atoms with Gasteiger partial charge in [0, 0.05) is 46.2 Å². The number of benzene rings is 2. The Morgan fingerprint density at radius 3 is 2.61 bits per heavy atom. The number of rotatable bonds is 6. The first-order valence-electron chi connectivity index (χ1n) is 9.44. The van der Waals surface area contributed by atoms with Crippen LogP contribution < -0.4 is 10.6 Å². The Balaban J connectivity index is 1.62. The van der Waals surface area contributed by atoms with Crippen LogP contribution in [0.1, 0.15) is 18.4 Å². The summed E-state index contributed by atoms with van der Waals surface area (Å²) in [6.45, 7) is 9.09. The van der Waals surface area contributed by atoms with E-state index in [0.717, 1.165) is 59.0 Å². The average molecular weight is 379 g/mol. The van der Waals surface area contributed by atoms with Crippen molar-refractivity contribution in [1.82, 2.24) is 15.6 Å². The zero-order valence-corrected chi connectivity index (χ0v) is 15.6. The van der Waals surface area contributed by atoms with Gasteiger partial charge in [0.2, 0.25) is 0 Å². The first-order chi connectivity index (χ1) is 13.5. The molecule has 144 valence electrons. The van der Waals surface area contributed by atoms with E-state index in [0.29, 0.717) is 12.0 Å². The molecule has 5 heteroatoms. The molecule has 0 amide bonds. The van der Waals surface area contributed by atoms with Gasteiger partial charge >= 0.3 is 0 Å². The van der Waals surface area contributed by atoms with Crippen LogP contribution in [-0.2, 0) is 6.42 Å². The number of hydrogen-bond acceptors (Lipinski definition) is 2. The predicted octanol–water partition coefficient (Wildman–Crippen LogP) is 5.02. The van der Waals surface area contributed by atoms with Crippen LogP contribution in [0.15, 0.2) is 67.0 Å². The van der Waals surface area contributed by atoms with Crippen molar-refractivity contribution in [3.63, 3.8) is 0 Å². The van der Waals surface area contributed by atoms with Gasteiger partial charge in [-0.25, -0.2) is 8.78 Å². The Labute approximate surface area is 163 Å². The summed E-state index contributed by atoms with van der Waals surface area (Å²) in [6, 6.07) is 11.7. The van der Waals surface area contributed by atoms with Gasteiger partial charge in [0.15, 0.2) is 0 Å². The molecule has 0 spiro atoms. The number of halogens is 2. The Morgan fingerprint density at radius 2 is 1.89 bits per heavy atom. The normalized spacial score (nSPS) is 16.4. The molecule has 0 aliphatic carbocycles. The van der Waals surface area contributed by atoms with Gasteiger partial charge in [-0.15, -0.1) is 0 Å². The van der Waals surface area contributed by atoms with Gasteiger partial charge in [-0.2, -0.15) is 0 Å².